The zero-order chi connectivity index (χ0) is 19.1. The van der Waals surface area contributed by atoms with E-state index in [1.165, 1.54) is 29.5 Å². The molecule has 0 aliphatic rings. The molecule has 1 aromatic carbocycles. The van der Waals surface area contributed by atoms with E-state index >= 15 is 0 Å². The smallest absolute Gasteiger partial charge is 0.416 e. The predicted octanol–water partition coefficient (Wildman–Crippen LogP) is 4.59. The van der Waals surface area contributed by atoms with Gasteiger partial charge in [-0.05, 0) is 42.6 Å². The maximum atomic E-state index is 13.0. The quantitative estimate of drug-likeness (QED) is 0.724. The van der Waals surface area contributed by atoms with E-state index in [-0.39, 0.29) is 5.69 Å². The molecule has 0 spiro atoms. The lowest BCUT2D eigenvalue weighted by Crippen LogP contribution is -2.27. The number of carboxylic acid groups (broad SMARTS) is 1. The van der Waals surface area contributed by atoms with Crippen LogP contribution < -0.4 is 5.56 Å². The van der Waals surface area contributed by atoms with Crippen LogP contribution in [0.15, 0.2) is 52.6 Å². The van der Waals surface area contributed by atoms with Crippen molar-refractivity contribution in [3.63, 3.8) is 0 Å². The highest BCUT2D eigenvalue weighted by Crippen LogP contribution is 2.32. The van der Waals surface area contributed by atoms with Crippen molar-refractivity contribution in [2.75, 3.05) is 0 Å². The summed E-state index contributed by atoms with van der Waals surface area (Å²) in [7, 11) is 0. The summed E-state index contributed by atoms with van der Waals surface area (Å²) in [5, 5.41) is 11.1. The second kappa shape index (κ2) is 6.45. The first-order valence-electron chi connectivity index (χ1n) is 7.41. The molecule has 1 N–H and O–H groups in total. The van der Waals surface area contributed by atoms with E-state index in [1.807, 2.05) is 0 Å². The molecule has 0 aliphatic carbocycles. The average Bonchev–Trinajstić information content (AvgIpc) is 3.08. The number of hydrogen-bond acceptors (Lipinski definition) is 3. The summed E-state index contributed by atoms with van der Waals surface area (Å²) in [5.41, 5.74) is -1.50. The molecule has 0 saturated carbocycles. The summed E-state index contributed by atoms with van der Waals surface area (Å²) >= 11 is 1.34. The van der Waals surface area contributed by atoms with Crippen molar-refractivity contribution in [3.8, 4) is 16.1 Å². The molecule has 0 aliphatic heterocycles. The number of aromatic carboxylic acids is 1. The van der Waals surface area contributed by atoms with Gasteiger partial charge in [0.2, 0.25) is 0 Å². The maximum absolute atomic E-state index is 13.0. The van der Waals surface area contributed by atoms with Crippen LogP contribution in [0.3, 0.4) is 0 Å². The van der Waals surface area contributed by atoms with Crippen molar-refractivity contribution in [2.24, 2.45) is 0 Å². The number of hydrogen-bond donors (Lipinski definition) is 1. The number of rotatable bonds is 3. The van der Waals surface area contributed by atoms with Crippen LogP contribution in [0.25, 0.3) is 16.1 Å². The fourth-order valence-corrected chi connectivity index (χ4v) is 3.46. The Morgan fingerprint density at radius 3 is 2.46 bits per heavy atom. The van der Waals surface area contributed by atoms with Gasteiger partial charge in [0, 0.05) is 21.8 Å². The summed E-state index contributed by atoms with van der Waals surface area (Å²) in [6, 6.07) is 9.02. The van der Waals surface area contributed by atoms with Gasteiger partial charge < -0.3 is 5.11 Å². The monoisotopic (exact) mass is 379 g/mol. The van der Waals surface area contributed by atoms with Crippen molar-refractivity contribution in [1.29, 1.82) is 0 Å². The third-order valence-corrected chi connectivity index (χ3v) is 4.80. The van der Waals surface area contributed by atoms with Gasteiger partial charge in [0.15, 0.2) is 0 Å². The molecule has 0 fully saturated rings. The molecule has 26 heavy (non-hydrogen) atoms. The maximum Gasteiger partial charge on any atom is 0.416 e. The van der Waals surface area contributed by atoms with E-state index in [2.05, 4.69) is 0 Å². The summed E-state index contributed by atoms with van der Waals surface area (Å²) in [4.78, 5) is 24.8. The molecular formula is C18H12F3NO3S. The van der Waals surface area contributed by atoms with Crippen LogP contribution >= 0.6 is 11.3 Å². The number of nitrogens with zero attached hydrogens (tertiary/aromatic N) is 1. The number of halogens is 3. The van der Waals surface area contributed by atoms with E-state index in [0.29, 0.717) is 16.1 Å². The molecule has 2 heterocycles. The Labute approximate surface area is 149 Å². The van der Waals surface area contributed by atoms with Gasteiger partial charge in [0.25, 0.3) is 5.56 Å². The molecule has 0 radical (unpaired) electrons. The van der Waals surface area contributed by atoms with Crippen LogP contribution in [0.5, 0.6) is 0 Å². The van der Waals surface area contributed by atoms with Gasteiger partial charge in [0.05, 0.1) is 5.56 Å². The van der Waals surface area contributed by atoms with E-state index in [4.69, 9.17) is 0 Å². The Balaban J connectivity index is 2.34. The third kappa shape index (κ3) is 3.15. The second-order valence-corrected chi connectivity index (χ2v) is 6.48. The highest BCUT2D eigenvalue weighted by Gasteiger charge is 2.31. The van der Waals surface area contributed by atoms with E-state index in [1.54, 1.807) is 24.4 Å². The number of pyridine rings is 1. The van der Waals surface area contributed by atoms with Crippen LogP contribution in [0.2, 0.25) is 0 Å². The molecule has 0 atom stereocenters. The van der Waals surface area contributed by atoms with Crippen LogP contribution in [-0.4, -0.2) is 15.6 Å². The van der Waals surface area contributed by atoms with Gasteiger partial charge in [-0.3, -0.25) is 9.36 Å². The number of benzene rings is 1. The second-order valence-electron chi connectivity index (χ2n) is 5.53. The fourth-order valence-electron chi connectivity index (χ4n) is 2.67. The summed E-state index contributed by atoms with van der Waals surface area (Å²) < 4.78 is 40.1. The molecule has 134 valence electrons. The van der Waals surface area contributed by atoms with Gasteiger partial charge in [0.1, 0.15) is 5.56 Å². The minimum absolute atomic E-state index is 0.0387. The number of alkyl halides is 3. The summed E-state index contributed by atoms with van der Waals surface area (Å²) in [6.45, 7) is 1.57. The van der Waals surface area contributed by atoms with Gasteiger partial charge in [-0.25, -0.2) is 4.79 Å². The number of carboxylic acids is 1. The highest BCUT2D eigenvalue weighted by molar-refractivity contribution is 7.13. The Hall–Kier alpha value is -2.87. The molecule has 0 unspecified atom stereocenters. The standard InChI is InChI=1S/C18H12F3NO3S/c1-10-13(15-6-3-7-26-15)9-14(17(24)25)16(23)22(10)12-5-2-4-11(8-12)18(19,20)21/h2-9H,1H3,(H,24,25). The molecule has 4 nitrogen and oxygen atoms in total. The Kier molecular flexibility index (Phi) is 4.45. The largest absolute Gasteiger partial charge is 0.477 e. The first-order chi connectivity index (χ1) is 12.2. The Morgan fingerprint density at radius 2 is 1.88 bits per heavy atom. The van der Waals surface area contributed by atoms with E-state index < -0.39 is 28.8 Å². The van der Waals surface area contributed by atoms with Gasteiger partial charge >= 0.3 is 12.1 Å². The fraction of sp³-hybridized carbons (Fsp3) is 0.111. The topological polar surface area (TPSA) is 59.3 Å². The summed E-state index contributed by atoms with van der Waals surface area (Å²) in [5.74, 6) is -1.44. The molecule has 8 heteroatoms. The molecule has 3 rings (SSSR count). The number of carbonyl (C=O) groups is 1. The van der Waals surface area contributed by atoms with Gasteiger partial charge in [-0.1, -0.05) is 12.1 Å². The van der Waals surface area contributed by atoms with Crippen molar-refractivity contribution in [3.05, 3.63) is 75.0 Å². The van der Waals surface area contributed by atoms with Gasteiger partial charge in [-0.15, -0.1) is 11.3 Å². The van der Waals surface area contributed by atoms with E-state index in [0.717, 1.165) is 16.7 Å². The minimum Gasteiger partial charge on any atom is -0.477 e. The van der Waals surface area contributed by atoms with Crippen LogP contribution in [0, 0.1) is 6.92 Å². The third-order valence-electron chi connectivity index (χ3n) is 3.90. The molecule has 0 saturated heterocycles. The molecule has 0 bridgehead atoms. The normalized spacial score (nSPS) is 11.5. The molecule has 3 aromatic rings. The first kappa shape index (κ1) is 17.9. The van der Waals surface area contributed by atoms with Crippen molar-refractivity contribution in [1.82, 2.24) is 4.57 Å². The first-order valence-corrected chi connectivity index (χ1v) is 8.29. The predicted molar refractivity (Wildman–Crippen MR) is 92.1 cm³/mol. The van der Waals surface area contributed by atoms with Crippen LogP contribution in [-0.2, 0) is 6.18 Å². The van der Waals surface area contributed by atoms with E-state index in [9.17, 15) is 27.9 Å². The zero-order valence-corrected chi connectivity index (χ0v) is 14.2. The van der Waals surface area contributed by atoms with Crippen molar-refractivity contribution >= 4 is 17.3 Å². The number of aromatic nitrogens is 1. The lowest BCUT2D eigenvalue weighted by molar-refractivity contribution is -0.137. The van der Waals surface area contributed by atoms with Crippen molar-refractivity contribution < 1.29 is 23.1 Å². The average molecular weight is 379 g/mol. The highest BCUT2D eigenvalue weighted by atomic mass is 32.1. The number of thiophene rings is 1. The van der Waals surface area contributed by atoms with Crippen LogP contribution in [0.4, 0.5) is 13.2 Å². The van der Waals surface area contributed by atoms with Gasteiger partial charge in [-0.2, -0.15) is 13.2 Å². The Bertz CT molecular complexity index is 1040. The Morgan fingerprint density at radius 1 is 1.15 bits per heavy atom. The van der Waals surface area contributed by atoms with Crippen LogP contribution in [0.1, 0.15) is 21.6 Å². The minimum atomic E-state index is -4.57. The zero-order valence-electron chi connectivity index (χ0n) is 13.4. The SMILES string of the molecule is Cc1c(-c2cccs2)cc(C(=O)O)c(=O)n1-c1cccc(C(F)(F)F)c1. The lowest BCUT2D eigenvalue weighted by Gasteiger charge is -2.16. The van der Waals surface area contributed by atoms with Crippen molar-refractivity contribution in [2.45, 2.75) is 13.1 Å². The molecule has 2 aromatic heterocycles. The summed E-state index contributed by atoms with van der Waals surface area (Å²) in [6.07, 6.45) is -4.57. The molecular weight excluding hydrogens is 367 g/mol. The molecule has 0 amide bonds. The lowest BCUT2D eigenvalue weighted by atomic mass is 10.1.